The summed E-state index contributed by atoms with van der Waals surface area (Å²) in [4.78, 5) is 29.8. The number of hydrogen-bond acceptors (Lipinski definition) is 10. The summed E-state index contributed by atoms with van der Waals surface area (Å²) in [6, 6.07) is 2.16. The van der Waals surface area contributed by atoms with Gasteiger partial charge in [-0.15, -0.1) is 0 Å². The van der Waals surface area contributed by atoms with Gasteiger partial charge in [0, 0.05) is 60.7 Å². The molecule has 4 aromatic rings. The number of piperazine rings is 1. The number of carbonyl (C=O) groups is 1. The lowest BCUT2D eigenvalue weighted by atomic mass is 9.95. The standard InChI is InChI=1S/C35H39F6N7O3S/c1-17-14-48(18(2)13-42-17)29-21-9-22(35(39,40)41)20(10-25(21)43-30(45-29)50-16-34-7-6-8-47(34)15-19(36)12-34)26-23(37)11-24(38)28-27(26)44-31(52-28)46-32(49)51-33(3,4)5/h9-11,17-19,42H,6-8,12-16H2,1-5H3,(H,44,46,49)/t17-,18+,19-,34+/m1/s1. The zero-order chi connectivity index (χ0) is 37.3. The highest BCUT2D eigenvalue weighted by atomic mass is 32.1. The van der Waals surface area contributed by atoms with Gasteiger partial charge in [-0.3, -0.25) is 10.2 Å². The molecule has 7 rings (SSSR count). The topological polar surface area (TPSA) is 105 Å². The van der Waals surface area contributed by atoms with E-state index in [-0.39, 0.29) is 57.7 Å². The van der Waals surface area contributed by atoms with Crippen molar-refractivity contribution in [2.75, 3.05) is 43.0 Å². The molecule has 3 saturated heterocycles. The first-order valence-electron chi connectivity index (χ1n) is 17.1. The summed E-state index contributed by atoms with van der Waals surface area (Å²) >= 11 is 0.628. The smallest absolute Gasteiger partial charge is 0.417 e. The van der Waals surface area contributed by atoms with E-state index in [1.54, 1.807) is 20.8 Å². The van der Waals surface area contributed by atoms with E-state index in [9.17, 15) is 9.18 Å². The maximum absolute atomic E-state index is 15.9. The van der Waals surface area contributed by atoms with Crippen LogP contribution in [0, 0.1) is 11.6 Å². The van der Waals surface area contributed by atoms with Crippen LogP contribution in [-0.4, -0.2) is 88.1 Å². The molecule has 3 aliphatic heterocycles. The van der Waals surface area contributed by atoms with Crippen molar-refractivity contribution in [3.05, 3.63) is 35.4 Å². The van der Waals surface area contributed by atoms with Crippen LogP contribution in [0.2, 0.25) is 0 Å². The Morgan fingerprint density at radius 3 is 2.60 bits per heavy atom. The normalized spacial score (nSPS) is 24.1. The predicted molar refractivity (Wildman–Crippen MR) is 186 cm³/mol. The van der Waals surface area contributed by atoms with Crippen molar-refractivity contribution in [3.63, 3.8) is 0 Å². The summed E-state index contributed by atoms with van der Waals surface area (Å²) < 4.78 is 102. The van der Waals surface area contributed by atoms with Crippen molar-refractivity contribution >= 4 is 49.5 Å². The molecule has 17 heteroatoms. The van der Waals surface area contributed by atoms with Gasteiger partial charge in [-0.25, -0.2) is 22.9 Å². The van der Waals surface area contributed by atoms with E-state index in [0.717, 1.165) is 31.5 Å². The monoisotopic (exact) mass is 751 g/mol. The fourth-order valence-electron chi connectivity index (χ4n) is 7.54. The average molecular weight is 752 g/mol. The third-order valence-electron chi connectivity index (χ3n) is 9.82. The number of alkyl halides is 4. The number of fused-ring (bicyclic) bond motifs is 3. The Hall–Kier alpha value is -3.96. The van der Waals surface area contributed by atoms with Crippen LogP contribution in [0.15, 0.2) is 18.2 Å². The van der Waals surface area contributed by atoms with Gasteiger partial charge in [-0.05, 0) is 66.1 Å². The molecular formula is C35H39F6N7O3S. The molecule has 0 aliphatic carbocycles. The first-order valence-corrected chi connectivity index (χ1v) is 18.0. The minimum atomic E-state index is -5.00. The third-order valence-corrected chi connectivity index (χ3v) is 10.8. The predicted octanol–water partition coefficient (Wildman–Crippen LogP) is 7.69. The second-order valence-corrected chi connectivity index (χ2v) is 16.0. The molecule has 0 unspecified atom stereocenters. The fraction of sp³-hybridized carbons (Fsp3) is 0.543. The number of nitrogens with one attached hydrogen (secondary N) is 2. The third kappa shape index (κ3) is 6.94. The van der Waals surface area contributed by atoms with E-state index in [1.165, 1.54) is 0 Å². The van der Waals surface area contributed by atoms with Crippen molar-refractivity contribution in [1.82, 2.24) is 25.2 Å². The molecule has 3 aliphatic rings. The summed E-state index contributed by atoms with van der Waals surface area (Å²) in [7, 11) is 0. The molecule has 52 heavy (non-hydrogen) atoms. The number of aromatic nitrogens is 3. The van der Waals surface area contributed by atoms with Crippen molar-refractivity contribution in [1.29, 1.82) is 0 Å². The Balaban J connectivity index is 1.39. The van der Waals surface area contributed by atoms with E-state index in [1.807, 2.05) is 18.7 Å². The summed E-state index contributed by atoms with van der Waals surface area (Å²) in [6.07, 6.45) is -5.05. The lowest BCUT2D eigenvalue weighted by Crippen LogP contribution is -2.54. The minimum absolute atomic E-state index is 0.0207. The minimum Gasteiger partial charge on any atom is -0.461 e. The highest BCUT2D eigenvalue weighted by molar-refractivity contribution is 7.22. The Labute approximate surface area is 299 Å². The van der Waals surface area contributed by atoms with Crippen LogP contribution in [-0.2, 0) is 10.9 Å². The number of halogens is 6. The van der Waals surface area contributed by atoms with Gasteiger partial charge >= 0.3 is 18.3 Å². The van der Waals surface area contributed by atoms with E-state index >= 15 is 22.0 Å². The van der Waals surface area contributed by atoms with Crippen LogP contribution in [0.3, 0.4) is 0 Å². The lowest BCUT2D eigenvalue weighted by Gasteiger charge is -2.39. The number of amides is 1. The summed E-state index contributed by atoms with van der Waals surface area (Å²) in [5.41, 5.74) is -4.29. The lowest BCUT2D eigenvalue weighted by molar-refractivity contribution is -0.137. The molecule has 4 atom stereocenters. The number of ether oxygens (including phenoxy) is 2. The second-order valence-electron chi connectivity index (χ2n) is 15.0. The van der Waals surface area contributed by atoms with Crippen LogP contribution in [0.25, 0.3) is 32.2 Å². The Bertz CT molecular complexity index is 2040. The largest absolute Gasteiger partial charge is 0.461 e. The number of hydrogen-bond donors (Lipinski definition) is 2. The molecule has 5 heterocycles. The number of carbonyl (C=O) groups excluding carboxylic acids is 1. The van der Waals surface area contributed by atoms with Gasteiger partial charge in [-0.2, -0.15) is 23.1 Å². The van der Waals surface area contributed by atoms with Gasteiger partial charge in [0.25, 0.3) is 0 Å². The summed E-state index contributed by atoms with van der Waals surface area (Å²) in [5.74, 6) is -2.15. The highest BCUT2D eigenvalue weighted by Crippen LogP contribution is 2.46. The van der Waals surface area contributed by atoms with Gasteiger partial charge in [-0.1, -0.05) is 11.3 Å². The van der Waals surface area contributed by atoms with Gasteiger partial charge in [0.05, 0.1) is 26.8 Å². The maximum atomic E-state index is 15.9. The van der Waals surface area contributed by atoms with Crippen molar-refractivity contribution in [2.24, 2.45) is 0 Å². The molecule has 0 spiro atoms. The molecule has 280 valence electrons. The molecule has 0 bridgehead atoms. The van der Waals surface area contributed by atoms with Gasteiger partial charge in [0.1, 0.15) is 35.8 Å². The van der Waals surface area contributed by atoms with Crippen molar-refractivity contribution in [3.8, 4) is 17.1 Å². The molecular weight excluding hydrogens is 712 g/mol. The Morgan fingerprint density at radius 1 is 1.10 bits per heavy atom. The van der Waals surface area contributed by atoms with Crippen LogP contribution < -0.4 is 20.3 Å². The van der Waals surface area contributed by atoms with Crippen LogP contribution in [0.4, 0.5) is 42.1 Å². The molecule has 1 amide bonds. The average Bonchev–Trinajstić information content (AvgIpc) is 3.71. The molecule has 0 saturated carbocycles. The highest BCUT2D eigenvalue weighted by Gasteiger charge is 2.49. The van der Waals surface area contributed by atoms with Crippen LogP contribution in [0.5, 0.6) is 6.01 Å². The van der Waals surface area contributed by atoms with E-state index in [2.05, 4.69) is 30.5 Å². The number of rotatable bonds is 6. The second kappa shape index (κ2) is 13.2. The number of thiazole rings is 1. The number of benzene rings is 2. The maximum Gasteiger partial charge on any atom is 0.417 e. The Kier molecular flexibility index (Phi) is 9.21. The van der Waals surface area contributed by atoms with Crippen LogP contribution in [0.1, 0.15) is 59.4 Å². The zero-order valence-electron chi connectivity index (χ0n) is 29.3. The molecule has 2 aromatic carbocycles. The number of anilines is 2. The first kappa shape index (κ1) is 36.4. The van der Waals surface area contributed by atoms with E-state index in [4.69, 9.17) is 9.47 Å². The fourth-order valence-corrected chi connectivity index (χ4v) is 8.41. The van der Waals surface area contributed by atoms with E-state index in [0.29, 0.717) is 37.0 Å². The SMILES string of the molecule is C[C@@H]1CN(c2nc(OC[C@@]34CCCN3C[C@H](F)C4)nc3cc(-c4c(F)cc(F)c5sc(NC(=O)OC(C)(C)C)nc45)c(C(F)(F)F)cc23)[C@@H](C)CN1. The molecule has 2 aromatic heterocycles. The first-order chi connectivity index (χ1) is 24.4. The molecule has 3 fully saturated rings. The quantitative estimate of drug-likeness (QED) is 0.192. The summed E-state index contributed by atoms with van der Waals surface area (Å²) in [6.45, 7) is 10.8. The van der Waals surface area contributed by atoms with Crippen LogP contribution >= 0.6 is 11.3 Å². The van der Waals surface area contributed by atoms with Crippen molar-refractivity contribution in [2.45, 2.75) is 89.5 Å². The molecule has 2 N–H and O–H groups in total. The van der Waals surface area contributed by atoms with Gasteiger partial charge < -0.3 is 19.7 Å². The Morgan fingerprint density at radius 2 is 1.87 bits per heavy atom. The van der Waals surface area contributed by atoms with Gasteiger partial charge in [0.2, 0.25) is 0 Å². The van der Waals surface area contributed by atoms with Crippen molar-refractivity contribution < 1.29 is 40.6 Å². The van der Waals surface area contributed by atoms with Gasteiger partial charge in [0.15, 0.2) is 5.13 Å². The van der Waals surface area contributed by atoms with E-state index < -0.39 is 63.4 Å². The molecule has 10 nitrogen and oxygen atoms in total. The molecule has 0 radical (unpaired) electrons. The summed E-state index contributed by atoms with van der Waals surface area (Å²) in [5, 5.41) is 5.57. The number of nitrogens with zero attached hydrogens (tertiary/aromatic N) is 5. The zero-order valence-corrected chi connectivity index (χ0v) is 30.1.